The Morgan fingerprint density at radius 2 is 1.73 bits per heavy atom. The van der Waals surface area contributed by atoms with E-state index in [-0.39, 0.29) is 10.3 Å². The highest BCUT2D eigenvalue weighted by Gasteiger charge is 2.39. The van der Waals surface area contributed by atoms with Crippen LogP contribution in [0.25, 0.3) is 0 Å². The molecule has 0 saturated carbocycles. The molecule has 0 fully saturated rings. The van der Waals surface area contributed by atoms with Crippen LogP contribution in [-0.2, 0) is 11.7 Å². The van der Waals surface area contributed by atoms with Crippen LogP contribution in [0.5, 0.6) is 0 Å². The van der Waals surface area contributed by atoms with Crippen molar-refractivity contribution in [2.24, 2.45) is 0 Å². The van der Waals surface area contributed by atoms with Crippen LogP contribution in [0.2, 0.25) is 0 Å². The summed E-state index contributed by atoms with van der Waals surface area (Å²) >= 11 is 2.80. The molecule has 0 saturated heterocycles. The summed E-state index contributed by atoms with van der Waals surface area (Å²) < 4.78 is 38.4. The van der Waals surface area contributed by atoms with Crippen molar-refractivity contribution in [1.29, 1.82) is 0 Å². The summed E-state index contributed by atoms with van der Waals surface area (Å²) in [5.74, 6) is -0.0187. The van der Waals surface area contributed by atoms with Gasteiger partial charge in [-0.1, -0.05) is 0 Å². The lowest BCUT2D eigenvalue weighted by atomic mass is 10.1. The Hall–Kier alpha value is -0.720. The van der Waals surface area contributed by atoms with Gasteiger partial charge in [0.2, 0.25) is 0 Å². The van der Waals surface area contributed by atoms with E-state index in [1.165, 1.54) is 0 Å². The number of anilines is 1. The minimum Gasteiger partial charge on any atom is -0.383 e. The molecule has 0 unspecified atom stereocenters. The molecule has 2 N–H and O–H groups in total. The van der Waals surface area contributed by atoms with Gasteiger partial charge in [-0.15, -0.1) is 0 Å². The lowest BCUT2D eigenvalue weighted by molar-refractivity contribution is -0.142. The van der Waals surface area contributed by atoms with Gasteiger partial charge in [-0.05, 0) is 36.7 Å². The van der Waals surface area contributed by atoms with Crippen LogP contribution in [0, 0.1) is 0 Å². The molecule has 0 bridgehead atoms. The molecule has 7 heteroatoms. The van der Waals surface area contributed by atoms with Gasteiger partial charge in [-0.2, -0.15) is 18.3 Å². The molecule has 0 aliphatic rings. The highest BCUT2D eigenvalue weighted by Crippen LogP contribution is 2.38. The second-order valence-electron chi connectivity index (χ2n) is 4.13. The fourth-order valence-electron chi connectivity index (χ4n) is 1.10. The molecule has 0 spiro atoms. The molecule has 86 valence electrons. The van der Waals surface area contributed by atoms with Crippen molar-refractivity contribution in [3.8, 4) is 0 Å². The van der Waals surface area contributed by atoms with Crippen molar-refractivity contribution in [3.05, 3.63) is 10.2 Å². The average Bonchev–Trinajstić information content (AvgIpc) is 2.26. The first-order chi connectivity index (χ1) is 6.55. The largest absolute Gasteiger partial charge is 0.436 e. The Labute approximate surface area is 93.6 Å². The number of hydrogen-bond acceptors (Lipinski definition) is 2. The van der Waals surface area contributed by atoms with Gasteiger partial charge in [-0.25, -0.2) is 4.68 Å². The Morgan fingerprint density at radius 3 is 1.93 bits per heavy atom. The first-order valence-corrected chi connectivity index (χ1v) is 4.96. The summed E-state index contributed by atoms with van der Waals surface area (Å²) in [6.45, 7) is 5.18. The lowest BCUT2D eigenvalue weighted by Crippen LogP contribution is -2.25. The summed E-state index contributed by atoms with van der Waals surface area (Å²) in [4.78, 5) is 0. The molecular formula is C8H11BrF3N3. The van der Waals surface area contributed by atoms with Crippen LogP contribution in [0.4, 0.5) is 19.0 Å². The highest BCUT2D eigenvalue weighted by atomic mass is 79.9. The number of aromatic nitrogens is 2. The van der Waals surface area contributed by atoms with E-state index in [2.05, 4.69) is 21.0 Å². The molecule has 15 heavy (non-hydrogen) atoms. The second kappa shape index (κ2) is 3.40. The normalized spacial score (nSPS) is 13.3. The predicted octanol–water partition coefficient (Wildman–Crippen LogP) is 3.00. The van der Waals surface area contributed by atoms with Crippen molar-refractivity contribution in [2.45, 2.75) is 32.5 Å². The number of nitrogens with two attached hydrogens (primary N) is 1. The van der Waals surface area contributed by atoms with E-state index >= 15 is 0 Å². The van der Waals surface area contributed by atoms with Gasteiger partial charge in [-0.3, -0.25) is 0 Å². The van der Waals surface area contributed by atoms with Crippen molar-refractivity contribution in [1.82, 2.24) is 9.78 Å². The smallest absolute Gasteiger partial charge is 0.383 e. The van der Waals surface area contributed by atoms with Gasteiger partial charge in [0, 0.05) is 0 Å². The monoisotopic (exact) mass is 285 g/mol. The Morgan fingerprint density at radius 1 is 1.27 bits per heavy atom. The molecule has 1 rings (SSSR count). The molecule has 1 aromatic heterocycles. The molecule has 0 aliphatic carbocycles. The number of halogens is 4. The van der Waals surface area contributed by atoms with Crippen LogP contribution >= 0.6 is 15.9 Å². The maximum absolute atomic E-state index is 12.5. The first-order valence-electron chi connectivity index (χ1n) is 4.17. The number of nitrogens with zero attached hydrogens (tertiary/aromatic N) is 2. The summed E-state index contributed by atoms with van der Waals surface area (Å²) in [5, 5.41) is 3.47. The number of rotatable bonds is 0. The molecule has 0 atom stereocenters. The third kappa shape index (κ3) is 2.27. The molecule has 0 aromatic carbocycles. The minimum absolute atomic E-state index is 0.0187. The fourth-order valence-corrected chi connectivity index (χ4v) is 1.58. The zero-order chi connectivity index (χ0) is 12.0. The van der Waals surface area contributed by atoms with Crippen LogP contribution < -0.4 is 5.73 Å². The SMILES string of the molecule is CC(C)(C)n1nc(C(F)(F)F)c(Br)c1N. The van der Waals surface area contributed by atoms with Gasteiger partial charge in [0.1, 0.15) is 5.82 Å². The zero-order valence-electron chi connectivity index (χ0n) is 8.48. The third-order valence-electron chi connectivity index (χ3n) is 1.76. The standard InChI is InChI=1S/C8H11BrF3N3/c1-7(2,3)15-6(13)4(9)5(14-15)8(10,11)12/h13H2,1-3H3. The van der Waals surface area contributed by atoms with Crippen molar-refractivity contribution < 1.29 is 13.2 Å². The molecule has 1 heterocycles. The molecule has 1 aromatic rings. The summed E-state index contributed by atoms with van der Waals surface area (Å²) in [5.41, 5.74) is 3.96. The van der Waals surface area contributed by atoms with E-state index in [4.69, 9.17) is 5.73 Å². The van der Waals surface area contributed by atoms with Crippen molar-refractivity contribution >= 4 is 21.7 Å². The fraction of sp³-hybridized carbons (Fsp3) is 0.625. The number of nitrogen functional groups attached to an aromatic ring is 1. The quantitative estimate of drug-likeness (QED) is 0.796. The summed E-state index contributed by atoms with van der Waals surface area (Å²) in [7, 11) is 0. The number of alkyl halides is 3. The molecule has 0 amide bonds. The molecule has 0 radical (unpaired) electrons. The molecule has 3 nitrogen and oxygen atoms in total. The maximum atomic E-state index is 12.5. The molecular weight excluding hydrogens is 275 g/mol. The summed E-state index contributed by atoms with van der Waals surface area (Å²) in [6, 6.07) is 0. The van der Waals surface area contributed by atoms with Gasteiger partial charge >= 0.3 is 6.18 Å². The van der Waals surface area contributed by atoms with Crippen LogP contribution in [-0.4, -0.2) is 9.78 Å². The third-order valence-corrected chi connectivity index (χ3v) is 2.55. The topological polar surface area (TPSA) is 43.8 Å². The molecule has 0 aliphatic heterocycles. The predicted molar refractivity (Wildman–Crippen MR) is 54.3 cm³/mol. The highest BCUT2D eigenvalue weighted by molar-refractivity contribution is 9.10. The van der Waals surface area contributed by atoms with Gasteiger partial charge in [0.05, 0.1) is 10.0 Å². The summed E-state index contributed by atoms with van der Waals surface area (Å²) in [6.07, 6.45) is -4.50. The van der Waals surface area contributed by atoms with Crippen molar-refractivity contribution in [2.75, 3.05) is 5.73 Å². The average molecular weight is 286 g/mol. The van der Waals surface area contributed by atoms with E-state index in [0.717, 1.165) is 4.68 Å². The number of hydrogen-bond donors (Lipinski definition) is 1. The van der Waals surface area contributed by atoms with E-state index in [1.807, 2.05) is 0 Å². The van der Waals surface area contributed by atoms with Gasteiger partial charge in [0.15, 0.2) is 5.69 Å². The minimum atomic E-state index is -4.50. The zero-order valence-corrected chi connectivity index (χ0v) is 10.1. The van der Waals surface area contributed by atoms with E-state index in [1.54, 1.807) is 20.8 Å². The second-order valence-corrected chi connectivity index (χ2v) is 4.92. The Kier molecular flexibility index (Phi) is 2.80. The van der Waals surface area contributed by atoms with Crippen molar-refractivity contribution in [3.63, 3.8) is 0 Å². The first kappa shape index (κ1) is 12.4. The Balaban J connectivity index is 3.38. The lowest BCUT2D eigenvalue weighted by Gasteiger charge is -2.20. The van der Waals surface area contributed by atoms with E-state index < -0.39 is 17.4 Å². The van der Waals surface area contributed by atoms with Crippen LogP contribution in [0.15, 0.2) is 4.47 Å². The van der Waals surface area contributed by atoms with E-state index in [0.29, 0.717) is 0 Å². The van der Waals surface area contributed by atoms with Gasteiger partial charge < -0.3 is 5.73 Å². The van der Waals surface area contributed by atoms with E-state index in [9.17, 15) is 13.2 Å². The van der Waals surface area contributed by atoms with Crippen LogP contribution in [0.3, 0.4) is 0 Å². The maximum Gasteiger partial charge on any atom is 0.436 e. The van der Waals surface area contributed by atoms with Gasteiger partial charge in [0.25, 0.3) is 0 Å². The Bertz CT molecular complexity index is 341. The van der Waals surface area contributed by atoms with Crippen LogP contribution in [0.1, 0.15) is 26.5 Å².